The largest absolute Gasteiger partial charge is 0.491 e. The normalized spacial score (nSPS) is 11.8. The van der Waals surface area contributed by atoms with Crippen LogP contribution in [0.1, 0.15) is 13.8 Å². The molecule has 0 atom stereocenters. The summed E-state index contributed by atoms with van der Waals surface area (Å²) in [5.74, 6) is -3.60. The van der Waals surface area contributed by atoms with E-state index in [1.54, 1.807) is 22.9 Å². The van der Waals surface area contributed by atoms with Crippen LogP contribution in [0.2, 0.25) is 25.7 Å². The van der Waals surface area contributed by atoms with E-state index in [4.69, 9.17) is 14.2 Å². The number of nitro groups is 1. The second kappa shape index (κ2) is 11.7. The zero-order valence-corrected chi connectivity index (χ0v) is 23.8. The topological polar surface area (TPSA) is 88.7 Å². The summed E-state index contributed by atoms with van der Waals surface area (Å²) in [7, 11) is -1.34. The van der Waals surface area contributed by atoms with E-state index in [0.717, 1.165) is 6.04 Å². The van der Waals surface area contributed by atoms with Crippen molar-refractivity contribution in [2.24, 2.45) is 0 Å². The van der Waals surface area contributed by atoms with Crippen molar-refractivity contribution in [1.82, 2.24) is 9.55 Å². The molecule has 0 N–H and O–H groups in total. The molecule has 8 nitrogen and oxygen atoms in total. The number of pyridine rings is 1. The first-order valence-corrected chi connectivity index (χ1v) is 16.4. The fraction of sp³-hybridized carbons (Fsp3) is 0.321. The number of hydrogen-bond donors (Lipinski definition) is 0. The van der Waals surface area contributed by atoms with E-state index in [9.17, 15) is 18.9 Å². The van der Waals surface area contributed by atoms with Crippen LogP contribution < -0.4 is 9.47 Å². The van der Waals surface area contributed by atoms with E-state index in [1.807, 2.05) is 13.8 Å². The number of rotatable bonds is 11. The number of nitrogens with zero attached hydrogens (tertiary/aromatic N) is 3. The predicted octanol–water partition coefficient (Wildman–Crippen LogP) is 7.92. The maximum atomic E-state index is 15.4. The molecule has 2 heterocycles. The Hall–Kier alpha value is -3.90. The highest BCUT2D eigenvalue weighted by molar-refractivity contribution is 6.76. The highest BCUT2D eigenvalue weighted by Gasteiger charge is 2.24. The van der Waals surface area contributed by atoms with E-state index in [-0.39, 0.29) is 29.5 Å². The molecule has 40 heavy (non-hydrogen) atoms. The van der Waals surface area contributed by atoms with E-state index in [1.165, 1.54) is 18.3 Å². The number of aromatic nitrogens is 2. The summed E-state index contributed by atoms with van der Waals surface area (Å²) in [6.07, 6.45) is 2.87. The molecule has 0 amide bonds. The molecule has 0 aliphatic rings. The monoisotopic (exact) mass is 573 g/mol. The van der Waals surface area contributed by atoms with Crippen molar-refractivity contribution in [3.63, 3.8) is 0 Å². The molecule has 0 aliphatic carbocycles. The third-order valence-electron chi connectivity index (χ3n) is 5.95. The van der Waals surface area contributed by atoms with Crippen molar-refractivity contribution >= 4 is 24.8 Å². The van der Waals surface area contributed by atoms with Crippen LogP contribution in [0.5, 0.6) is 17.2 Å². The second-order valence-corrected chi connectivity index (χ2v) is 16.4. The molecule has 0 saturated carbocycles. The van der Waals surface area contributed by atoms with Gasteiger partial charge in [0.25, 0.3) is 5.69 Å². The van der Waals surface area contributed by atoms with E-state index >= 15 is 4.39 Å². The van der Waals surface area contributed by atoms with Crippen molar-refractivity contribution in [3.05, 3.63) is 76.4 Å². The molecule has 0 aliphatic heterocycles. The molecule has 0 fully saturated rings. The quantitative estimate of drug-likeness (QED) is 0.0784. The van der Waals surface area contributed by atoms with Crippen LogP contribution in [0.25, 0.3) is 22.2 Å². The van der Waals surface area contributed by atoms with Gasteiger partial charge in [-0.15, -0.1) is 0 Å². The number of ether oxygens (including phenoxy) is 3. The molecule has 0 unspecified atom stereocenters. The Labute approximate surface area is 230 Å². The number of halogens is 3. The van der Waals surface area contributed by atoms with Gasteiger partial charge < -0.3 is 18.8 Å². The van der Waals surface area contributed by atoms with Gasteiger partial charge in [0.2, 0.25) is 0 Å². The van der Waals surface area contributed by atoms with Gasteiger partial charge in [0.15, 0.2) is 17.4 Å². The predicted molar refractivity (Wildman–Crippen MR) is 148 cm³/mol. The van der Waals surface area contributed by atoms with Crippen molar-refractivity contribution < 1.29 is 32.3 Å². The zero-order valence-electron chi connectivity index (χ0n) is 22.8. The third kappa shape index (κ3) is 6.62. The van der Waals surface area contributed by atoms with Crippen molar-refractivity contribution in [3.8, 4) is 28.4 Å². The summed E-state index contributed by atoms with van der Waals surface area (Å²) < 4.78 is 63.7. The number of fused-ring (bicyclic) bond motifs is 1. The first-order valence-electron chi connectivity index (χ1n) is 12.7. The molecule has 4 aromatic rings. The summed E-state index contributed by atoms with van der Waals surface area (Å²) in [5.41, 5.74) is 0.119. The van der Waals surface area contributed by atoms with Gasteiger partial charge in [-0.1, -0.05) is 19.6 Å². The Bertz CT molecular complexity index is 1530. The fourth-order valence-corrected chi connectivity index (χ4v) is 4.79. The Morgan fingerprint density at radius 3 is 2.33 bits per heavy atom. The van der Waals surface area contributed by atoms with Crippen molar-refractivity contribution in [1.29, 1.82) is 0 Å². The summed E-state index contributed by atoms with van der Waals surface area (Å²) in [6, 6.07) is 7.89. The van der Waals surface area contributed by atoms with E-state index in [2.05, 4.69) is 24.6 Å². The molecule has 0 saturated heterocycles. The fourth-order valence-electron chi connectivity index (χ4n) is 4.03. The molecule has 12 heteroatoms. The zero-order chi connectivity index (χ0) is 29.2. The van der Waals surface area contributed by atoms with E-state index < -0.39 is 41.9 Å². The molecule has 0 spiro atoms. The molecular weight excluding hydrogens is 543 g/mol. The van der Waals surface area contributed by atoms with Gasteiger partial charge in [-0.25, -0.2) is 18.2 Å². The summed E-state index contributed by atoms with van der Waals surface area (Å²) >= 11 is 0. The number of nitro benzene ring substituents is 1. The lowest BCUT2D eigenvalue weighted by Gasteiger charge is -2.15. The molecule has 0 bridgehead atoms. The summed E-state index contributed by atoms with van der Waals surface area (Å²) in [4.78, 5) is 14.5. The maximum Gasteiger partial charge on any atom is 0.275 e. The lowest BCUT2D eigenvalue weighted by atomic mass is 10.0. The third-order valence-corrected chi connectivity index (χ3v) is 7.66. The Balaban J connectivity index is 1.81. The molecule has 4 rings (SSSR count). The van der Waals surface area contributed by atoms with Crippen molar-refractivity contribution in [2.45, 2.75) is 52.4 Å². The minimum Gasteiger partial charge on any atom is -0.491 e. The standard InChI is InChI=1S/C28H30F3N3O5Si/c1-17(2)38-19-6-7-20(22(29)14-19)21-15-33(16-37-10-11-40(3,4)5)28-26(21)25(8-9-32-28)39-27-23(30)12-18(34(35)36)13-24(27)31/h6-9,12-15,17H,10-11,16H2,1-5H3. The Morgan fingerprint density at radius 1 is 1.02 bits per heavy atom. The van der Waals surface area contributed by atoms with Crippen LogP contribution in [-0.4, -0.2) is 35.3 Å². The average molecular weight is 574 g/mol. The van der Waals surface area contributed by atoms with Crippen LogP contribution >= 0.6 is 0 Å². The van der Waals surface area contributed by atoms with Gasteiger partial charge >= 0.3 is 0 Å². The van der Waals surface area contributed by atoms with Gasteiger partial charge in [-0.05, 0) is 38.1 Å². The molecule has 0 radical (unpaired) electrons. The second-order valence-electron chi connectivity index (χ2n) is 10.8. The molecule has 2 aromatic heterocycles. The number of hydrogen-bond acceptors (Lipinski definition) is 6. The first kappa shape index (κ1) is 29.1. The van der Waals surface area contributed by atoms with Crippen LogP contribution in [-0.2, 0) is 11.5 Å². The van der Waals surface area contributed by atoms with Gasteiger partial charge in [0.05, 0.1) is 28.5 Å². The summed E-state index contributed by atoms with van der Waals surface area (Å²) in [5, 5.41) is 11.3. The minimum absolute atomic E-state index is 0.0191. The van der Waals surface area contributed by atoms with Crippen LogP contribution in [0.4, 0.5) is 18.9 Å². The molecule has 2 aromatic carbocycles. The number of non-ortho nitro benzene ring substituents is 1. The molecular formula is C28H30F3N3O5Si. The summed E-state index contributed by atoms with van der Waals surface area (Å²) in [6.45, 7) is 11.0. The van der Waals surface area contributed by atoms with Gasteiger partial charge in [0.1, 0.15) is 29.7 Å². The Morgan fingerprint density at radius 2 is 1.73 bits per heavy atom. The van der Waals surface area contributed by atoms with E-state index in [0.29, 0.717) is 35.7 Å². The smallest absolute Gasteiger partial charge is 0.275 e. The highest BCUT2D eigenvalue weighted by atomic mass is 28.3. The maximum absolute atomic E-state index is 15.4. The van der Waals surface area contributed by atoms with Crippen LogP contribution in [0.3, 0.4) is 0 Å². The first-order chi connectivity index (χ1) is 18.8. The molecule has 212 valence electrons. The lowest BCUT2D eigenvalue weighted by molar-refractivity contribution is -0.385. The van der Waals surface area contributed by atoms with Gasteiger partial charge in [-0.2, -0.15) is 0 Å². The van der Waals surface area contributed by atoms with Gasteiger partial charge in [-0.3, -0.25) is 10.1 Å². The van der Waals surface area contributed by atoms with Crippen LogP contribution in [0.15, 0.2) is 48.8 Å². The Kier molecular flexibility index (Phi) is 8.50. The highest BCUT2D eigenvalue weighted by Crippen LogP contribution is 2.41. The lowest BCUT2D eigenvalue weighted by Crippen LogP contribution is -2.22. The number of benzene rings is 2. The average Bonchev–Trinajstić information content (AvgIpc) is 3.22. The SMILES string of the molecule is CC(C)Oc1ccc(-c2cn(COCC[Si](C)(C)C)c3nccc(Oc4c(F)cc([N+](=O)[O-])cc4F)c23)c(F)c1. The minimum atomic E-state index is -1.34. The van der Waals surface area contributed by atoms with Crippen LogP contribution in [0, 0.1) is 27.6 Å². The van der Waals surface area contributed by atoms with Crippen molar-refractivity contribution in [2.75, 3.05) is 6.61 Å². The van der Waals surface area contributed by atoms with Gasteiger partial charge in [0, 0.05) is 44.3 Å².